The van der Waals surface area contributed by atoms with Gasteiger partial charge in [-0.15, -0.1) is 0 Å². The van der Waals surface area contributed by atoms with Crippen molar-refractivity contribution in [3.05, 3.63) is 42.0 Å². The average Bonchev–Trinajstić information content (AvgIpc) is 3.22. The Morgan fingerprint density at radius 2 is 2.00 bits per heavy atom. The van der Waals surface area contributed by atoms with E-state index in [0.717, 1.165) is 25.3 Å². The third kappa shape index (κ3) is 5.75. The molecule has 1 aromatic carbocycles. The van der Waals surface area contributed by atoms with Crippen LogP contribution in [0.2, 0.25) is 0 Å². The molecule has 1 N–H and O–H groups in total. The monoisotopic (exact) mass is 290 g/mol. The summed E-state index contributed by atoms with van der Waals surface area (Å²) in [4.78, 5) is 10.7. The first-order valence-electron chi connectivity index (χ1n) is 5.61. The van der Waals surface area contributed by atoms with Crippen molar-refractivity contribution in [2.45, 2.75) is 6.18 Å². The lowest BCUT2D eigenvalue weighted by Gasteiger charge is -2.10. The van der Waals surface area contributed by atoms with Crippen LogP contribution in [0.3, 0.4) is 0 Å². The van der Waals surface area contributed by atoms with Gasteiger partial charge >= 0.3 is 12.1 Å². The molecular formula is C13H13F3O4. The number of carbonyl (C=O) groups is 1. The van der Waals surface area contributed by atoms with Gasteiger partial charge in [-0.05, 0) is 18.2 Å². The molecule has 20 heavy (non-hydrogen) atoms. The molecule has 7 heteroatoms. The number of carboxylic acid groups (broad SMARTS) is 1. The van der Waals surface area contributed by atoms with Crippen LogP contribution in [0, 0.1) is 0 Å². The summed E-state index contributed by atoms with van der Waals surface area (Å²) in [5.74, 6) is -1.60. The van der Waals surface area contributed by atoms with Crippen molar-refractivity contribution in [2.24, 2.45) is 0 Å². The molecule has 0 atom stereocenters. The second kappa shape index (κ2) is 6.95. The number of rotatable bonds is 4. The molecule has 1 aliphatic heterocycles. The molecule has 1 aromatic rings. The number of epoxide rings is 1. The fourth-order valence-electron chi connectivity index (χ4n) is 1.12. The van der Waals surface area contributed by atoms with Crippen molar-refractivity contribution in [1.29, 1.82) is 0 Å². The number of alkyl halides is 3. The number of carboxylic acids is 1. The number of ether oxygens (including phenoxy) is 2. The van der Waals surface area contributed by atoms with E-state index in [9.17, 15) is 18.0 Å². The molecule has 0 amide bonds. The smallest absolute Gasteiger partial charge is 0.416 e. The van der Waals surface area contributed by atoms with Crippen molar-refractivity contribution in [2.75, 3.05) is 19.8 Å². The van der Waals surface area contributed by atoms with Crippen LogP contribution in [0.15, 0.2) is 30.9 Å². The van der Waals surface area contributed by atoms with Crippen molar-refractivity contribution < 1.29 is 32.5 Å². The SMILES string of the molecule is C1CO1.C=CCOc1cc(C(=O)O)cc(C(F)(F)F)c1. The molecule has 4 nitrogen and oxygen atoms in total. The third-order valence-corrected chi connectivity index (χ3v) is 2.05. The Kier molecular flexibility index (Phi) is 5.57. The first-order valence-corrected chi connectivity index (χ1v) is 5.61. The number of hydrogen-bond donors (Lipinski definition) is 1. The summed E-state index contributed by atoms with van der Waals surface area (Å²) in [6.07, 6.45) is -3.27. The molecule has 1 aliphatic rings. The van der Waals surface area contributed by atoms with E-state index < -0.39 is 23.3 Å². The van der Waals surface area contributed by atoms with Gasteiger partial charge in [-0.2, -0.15) is 13.2 Å². The number of benzene rings is 1. The van der Waals surface area contributed by atoms with Gasteiger partial charge in [0.25, 0.3) is 0 Å². The number of halogens is 3. The van der Waals surface area contributed by atoms with Gasteiger partial charge in [0, 0.05) is 0 Å². The Balaban J connectivity index is 0.000000584. The Morgan fingerprint density at radius 1 is 1.40 bits per heavy atom. The minimum absolute atomic E-state index is 0.000367. The molecular weight excluding hydrogens is 277 g/mol. The van der Waals surface area contributed by atoms with Crippen molar-refractivity contribution >= 4 is 5.97 Å². The predicted octanol–water partition coefficient (Wildman–Crippen LogP) is 2.99. The van der Waals surface area contributed by atoms with Crippen LogP contribution in [0.5, 0.6) is 5.75 Å². The Labute approximate surface area is 113 Å². The summed E-state index contributed by atoms with van der Waals surface area (Å²) in [6, 6.07) is 2.33. The molecule has 1 heterocycles. The maximum Gasteiger partial charge on any atom is 0.416 e. The third-order valence-electron chi connectivity index (χ3n) is 2.05. The number of aromatic carboxylic acids is 1. The molecule has 1 saturated heterocycles. The Bertz CT molecular complexity index is 478. The standard InChI is InChI=1S/C11H9F3O3.C2H4O/c1-2-3-17-9-5-7(10(15)16)4-8(6-9)11(12,13)14;1-2-3-1/h2,4-6H,1,3H2,(H,15,16);1-2H2. The Morgan fingerprint density at radius 3 is 2.40 bits per heavy atom. The average molecular weight is 290 g/mol. The van der Waals surface area contributed by atoms with Crippen LogP contribution >= 0.6 is 0 Å². The first kappa shape index (κ1) is 16.0. The van der Waals surface area contributed by atoms with Crippen LogP contribution in [0.4, 0.5) is 13.2 Å². The zero-order valence-corrected chi connectivity index (χ0v) is 10.4. The molecule has 0 bridgehead atoms. The van der Waals surface area contributed by atoms with Crippen LogP contribution in [0.1, 0.15) is 15.9 Å². The summed E-state index contributed by atoms with van der Waals surface area (Å²) < 4.78 is 46.8. The lowest BCUT2D eigenvalue weighted by Crippen LogP contribution is -2.08. The summed E-state index contributed by atoms with van der Waals surface area (Å²) in [6.45, 7) is 5.34. The highest BCUT2D eigenvalue weighted by atomic mass is 19.4. The lowest BCUT2D eigenvalue weighted by molar-refractivity contribution is -0.137. The van der Waals surface area contributed by atoms with Gasteiger partial charge in [-0.3, -0.25) is 0 Å². The van der Waals surface area contributed by atoms with E-state index in [-0.39, 0.29) is 12.4 Å². The quantitative estimate of drug-likeness (QED) is 0.684. The number of hydrogen-bond acceptors (Lipinski definition) is 3. The van der Waals surface area contributed by atoms with Crippen LogP contribution in [-0.4, -0.2) is 30.9 Å². The van der Waals surface area contributed by atoms with E-state index in [4.69, 9.17) is 9.84 Å². The minimum Gasteiger partial charge on any atom is -0.490 e. The molecule has 0 saturated carbocycles. The zero-order chi connectivity index (χ0) is 15.2. The van der Waals surface area contributed by atoms with Gasteiger partial charge in [-0.1, -0.05) is 12.7 Å². The van der Waals surface area contributed by atoms with Crippen molar-refractivity contribution in [3.8, 4) is 5.75 Å². The van der Waals surface area contributed by atoms with Gasteiger partial charge in [0.15, 0.2) is 0 Å². The van der Waals surface area contributed by atoms with E-state index in [2.05, 4.69) is 11.3 Å². The van der Waals surface area contributed by atoms with E-state index >= 15 is 0 Å². The summed E-state index contributed by atoms with van der Waals surface area (Å²) in [5.41, 5.74) is -1.53. The molecule has 0 spiro atoms. The van der Waals surface area contributed by atoms with Gasteiger partial charge in [0.1, 0.15) is 12.4 Å². The molecule has 110 valence electrons. The largest absolute Gasteiger partial charge is 0.490 e. The first-order chi connectivity index (χ1) is 9.34. The maximum atomic E-state index is 12.5. The van der Waals surface area contributed by atoms with Crippen LogP contribution in [-0.2, 0) is 10.9 Å². The highest BCUT2D eigenvalue weighted by Gasteiger charge is 2.32. The lowest BCUT2D eigenvalue weighted by atomic mass is 10.1. The minimum atomic E-state index is -4.61. The van der Waals surface area contributed by atoms with Crippen LogP contribution < -0.4 is 4.74 Å². The molecule has 0 unspecified atom stereocenters. The summed E-state index contributed by atoms with van der Waals surface area (Å²) in [7, 11) is 0. The van der Waals surface area contributed by atoms with E-state index in [0.29, 0.717) is 6.07 Å². The fraction of sp³-hybridized carbons (Fsp3) is 0.308. The highest BCUT2D eigenvalue weighted by molar-refractivity contribution is 5.88. The topological polar surface area (TPSA) is 59.1 Å². The van der Waals surface area contributed by atoms with E-state index in [1.165, 1.54) is 6.08 Å². The van der Waals surface area contributed by atoms with Crippen molar-refractivity contribution in [3.63, 3.8) is 0 Å². The van der Waals surface area contributed by atoms with E-state index in [1.54, 1.807) is 0 Å². The maximum absolute atomic E-state index is 12.5. The molecule has 2 rings (SSSR count). The van der Waals surface area contributed by atoms with Crippen LogP contribution in [0.25, 0.3) is 0 Å². The predicted molar refractivity (Wildman–Crippen MR) is 64.9 cm³/mol. The zero-order valence-electron chi connectivity index (χ0n) is 10.4. The second-order valence-electron chi connectivity index (χ2n) is 3.76. The second-order valence-corrected chi connectivity index (χ2v) is 3.76. The van der Waals surface area contributed by atoms with Crippen molar-refractivity contribution in [1.82, 2.24) is 0 Å². The Hall–Kier alpha value is -2.02. The molecule has 0 aliphatic carbocycles. The van der Waals surface area contributed by atoms with Gasteiger partial charge in [0.05, 0.1) is 24.3 Å². The normalized spacial score (nSPS) is 12.9. The van der Waals surface area contributed by atoms with E-state index in [1.807, 2.05) is 0 Å². The molecule has 1 fully saturated rings. The molecule has 0 radical (unpaired) electrons. The fourth-order valence-corrected chi connectivity index (χ4v) is 1.12. The summed E-state index contributed by atoms with van der Waals surface area (Å²) in [5, 5.41) is 8.68. The highest BCUT2D eigenvalue weighted by Crippen LogP contribution is 2.32. The molecule has 0 aromatic heterocycles. The summed E-state index contributed by atoms with van der Waals surface area (Å²) >= 11 is 0. The van der Waals surface area contributed by atoms with Gasteiger partial charge in [-0.25, -0.2) is 4.79 Å². The van der Waals surface area contributed by atoms with Gasteiger partial charge < -0.3 is 14.6 Å². The van der Waals surface area contributed by atoms with Gasteiger partial charge in [0.2, 0.25) is 0 Å².